The number of ether oxygens (including phenoxy) is 3. The van der Waals surface area contributed by atoms with Crippen LogP contribution >= 0.6 is 0 Å². The van der Waals surface area contributed by atoms with E-state index in [2.05, 4.69) is 5.32 Å². The van der Waals surface area contributed by atoms with Crippen molar-refractivity contribution in [3.05, 3.63) is 83.7 Å². The Bertz CT molecular complexity index is 1260. The standard InChI is InChI=1S/C26H23FN2O5/c1-32-22-11-7-17(13-24(22)33-2)8-12-25(30)28-19-9-10-21-23(14-19)34-16-26(31)29(21)15-18-5-3-4-6-20(18)27/h3-14H,15-16H2,1-2H3,(H,28,30)/b12-8+. The number of nitrogens with zero attached hydrogens (tertiary/aromatic N) is 1. The van der Waals surface area contributed by atoms with Gasteiger partial charge in [0.2, 0.25) is 5.91 Å². The van der Waals surface area contributed by atoms with Gasteiger partial charge in [0.05, 0.1) is 26.5 Å². The predicted molar refractivity (Wildman–Crippen MR) is 127 cm³/mol. The van der Waals surface area contributed by atoms with Crippen molar-refractivity contribution < 1.29 is 28.2 Å². The van der Waals surface area contributed by atoms with Crippen molar-refractivity contribution in [1.29, 1.82) is 0 Å². The number of nitrogens with one attached hydrogen (secondary N) is 1. The Morgan fingerprint density at radius 3 is 2.65 bits per heavy atom. The topological polar surface area (TPSA) is 77.1 Å². The quantitative estimate of drug-likeness (QED) is 0.526. The highest BCUT2D eigenvalue weighted by molar-refractivity contribution is 6.03. The van der Waals surface area contributed by atoms with E-state index in [4.69, 9.17) is 14.2 Å². The van der Waals surface area contributed by atoms with Gasteiger partial charge in [0.1, 0.15) is 11.6 Å². The summed E-state index contributed by atoms with van der Waals surface area (Å²) in [5.41, 5.74) is 2.18. The number of benzene rings is 3. The third-order valence-electron chi connectivity index (χ3n) is 5.29. The van der Waals surface area contributed by atoms with Crippen LogP contribution in [0.25, 0.3) is 6.08 Å². The molecule has 1 N–H and O–H groups in total. The summed E-state index contributed by atoms with van der Waals surface area (Å²) in [7, 11) is 3.10. The molecule has 0 atom stereocenters. The average molecular weight is 462 g/mol. The van der Waals surface area contributed by atoms with Crippen LogP contribution in [0.1, 0.15) is 11.1 Å². The molecule has 2 amide bonds. The van der Waals surface area contributed by atoms with Crippen molar-refractivity contribution in [1.82, 2.24) is 0 Å². The molecule has 0 aromatic heterocycles. The number of fused-ring (bicyclic) bond motifs is 1. The fourth-order valence-electron chi connectivity index (χ4n) is 3.56. The summed E-state index contributed by atoms with van der Waals surface area (Å²) in [4.78, 5) is 26.3. The van der Waals surface area contributed by atoms with Gasteiger partial charge in [-0.2, -0.15) is 0 Å². The number of methoxy groups -OCH3 is 2. The second-order valence-corrected chi connectivity index (χ2v) is 7.48. The summed E-state index contributed by atoms with van der Waals surface area (Å²) in [6, 6.07) is 16.6. The normalized spacial score (nSPS) is 12.8. The predicted octanol–water partition coefficient (Wildman–Crippen LogP) is 4.42. The molecular weight excluding hydrogens is 439 g/mol. The molecule has 1 aliphatic heterocycles. The third kappa shape index (κ3) is 5.01. The summed E-state index contributed by atoms with van der Waals surface area (Å²) in [5.74, 6) is 0.591. The van der Waals surface area contributed by atoms with Gasteiger partial charge in [-0.1, -0.05) is 24.3 Å². The van der Waals surface area contributed by atoms with E-state index in [1.807, 2.05) is 0 Å². The maximum absolute atomic E-state index is 14.1. The summed E-state index contributed by atoms with van der Waals surface area (Å²) < 4.78 is 30.1. The zero-order chi connectivity index (χ0) is 24.1. The number of hydrogen-bond acceptors (Lipinski definition) is 5. The van der Waals surface area contributed by atoms with Gasteiger partial charge in [-0.3, -0.25) is 9.59 Å². The van der Waals surface area contributed by atoms with E-state index >= 15 is 0 Å². The minimum absolute atomic E-state index is 0.0850. The van der Waals surface area contributed by atoms with Gasteiger partial charge in [-0.25, -0.2) is 4.39 Å². The first-order valence-electron chi connectivity index (χ1n) is 10.5. The van der Waals surface area contributed by atoms with Gasteiger partial charge in [-0.05, 0) is 42.0 Å². The van der Waals surface area contributed by atoms with Crippen LogP contribution < -0.4 is 24.4 Å². The van der Waals surface area contributed by atoms with Crippen LogP contribution in [0.2, 0.25) is 0 Å². The molecule has 8 heteroatoms. The Hall–Kier alpha value is -4.33. The number of amides is 2. The number of rotatable bonds is 7. The summed E-state index contributed by atoms with van der Waals surface area (Å²) in [5, 5.41) is 2.77. The van der Waals surface area contributed by atoms with Gasteiger partial charge < -0.3 is 24.4 Å². The van der Waals surface area contributed by atoms with E-state index in [1.54, 1.807) is 74.9 Å². The van der Waals surface area contributed by atoms with Crippen molar-refractivity contribution in [2.75, 3.05) is 31.0 Å². The summed E-state index contributed by atoms with van der Waals surface area (Å²) in [6.07, 6.45) is 3.05. The molecule has 4 rings (SSSR count). The molecule has 3 aromatic rings. The first-order chi connectivity index (χ1) is 16.5. The largest absolute Gasteiger partial charge is 0.493 e. The Kier molecular flexibility index (Phi) is 6.77. The molecule has 0 spiro atoms. The minimum Gasteiger partial charge on any atom is -0.493 e. The number of carbonyl (C=O) groups is 2. The molecule has 0 radical (unpaired) electrons. The molecular formula is C26H23FN2O5. The Labute approximate surface area is 196 Å². The van der Waals surface area contributed by atoms with Gasteiger partial charge in [0, 0.05) is 23.4 Å². The van der Waals surface area contributed by atoms with Crippen LogP contribution in [-0.4, -0.2) is 32.6 Å². The lowest BCUT2D eigenvalue weighted by atomic mass is 10.1. The molecule has 1 heterocycles. The lowest BCUT2D eigenvalue weighted by molar-refractivity contribution is -0.121. The van der Waals surface area contributed by atoms with Gasteiger partial charge in [0.25, 0.3) is 5.91 Å². The number of halogens is 1. The Morgan fingerprint density at radius 1 is 1.09 bits per heavy atom. The fraction of sp³-hybridized carbons (Fsp3) is 0.154. The Morgan fingerprint density at radius 2 is 1.88 bits per heavy atom. The smallest absolute Gasteiger partial charge is 0.265 e. The SMILES string of the molecule is COc1ccc(/C=C/C(=O)Nc2ccc3c(c2)OCC(=O)N3Cc2ccccc2F)cc1OC. The van der Waals surface area contributed by atoms with Crippen molar-refractivity contribution in [2.24, 2.45) is 0 Å². The van der Waals surface area contributed by atoms with Crippen molar-refractivity contribution in [2.45, 2.75) is 6.54 Å². The molecule has 0 aliphatic carbocycles. The minimum atomic E-state index is -0.381. The van der Waals surface area contributed by atoms with E-state index < -0.39 is 0 Å². The monoisotopic (exact) mass is 462 g/mol. The molecule has 174 valence electrons. The molecule has 34 heavy (non-hydrogen) atoms. The lowest BCUT2D eigenvalue weighted by Gasteiger charge is -2.30. The van der Waals surface area contributed by atoms with E-state index in [1.165, 1.54) is 17.0 Å². The molecule has 1 aliphatic rings. The van der Waals surface area contributed by atoms with Crippen LogP contribution in [0.5, 0.6) is 17.2 Å². The molecule has 0 fully saturated rings. The van der Waals surface area contributed by atoms with E-state index in [-0.39, 0.29) is 30.8 Å². The molecule has 3 aromatic carbocycles. The van der Waals surface area contributed by atoms with Gasteiger partial charge in [-0.15, -0.1) is 0 Å². The highest BCUT2D eigenvalue weighted by Gasteiger charge is 2.26. The van der Waals surface area contributed by atoms with Gasteiger partial charge in [0.15, 0.2) is 18.1 Å². The van der Waals surface area contributed by atoms with Crippen LogP contribution in [0.3, 0.4) is 0 Å². The third-order valence-corrected chi connectivity index (χ3v) is 5.29. The highest BCUT2D eigenvalue weighted by Crippen LogP contribution is 2.35. The average Bonchev–Trinajstić information content (AvgIpc) is 2.85. The number of hydrogen-bond donors (Lipinski definition) is 1. The Balaban J connectivity index is 1.47. The van der Waals surface area contributed by atoms with Crippen LogP contribution in [0, 0.1) is 5.82 Å². The second kappa shape index (κ2) is 10.1. The zero-order valence-corrected chi connectivity index (χ0v) is 18.7. The molecule has 7 nitrogen and oxygen atoms in total. The molecule has 0 unspecified atom stereocenters. The van der Waals surface area contributed by atoms with Crippen LogP contribution in [-0.2, 0) is 16.1 Å². The maximum atomic E-state index is 14.1. The molecule has 0 bridgehead atoms. The first kappa shape index (κ1) is 22.8. The van der Waals surface area contributed by atoms with E-state index in [0.29, 0.717) is 34.2 Å². The highest BCUT2D eigenvalue weighted by atomic mass is 19.1. The number of anilines is 2. The van der Waals surface area contributed by atoms with Gasteiger partial charge >= 0.3 is 0 Å². The lowest BCUT2D eigenvalue weighted by Crippen LogP contribution is -2.38. The molecule has 0 saturated heterocycles. The van der Waals surface area contributed by atoms with Crippen molar-refractivity contribution in [3.8, 4) is 17.2 Å². The van der Waals surface area contributed by atoms with Crippen LogP contribution in [0.4, 0.5) is 15.8 Å². The van der Waals surface area contributed by atoms with E-state index in [0.717, 1.165) is 5.56 Å². The summed E-state index contributed by atoms with van der Waals surface area (Å²) in [6.45, 7) is -0.0836. The number of carbonyl (C=O) groups excluding carboxylic acids is 2. The van der Waals surface area contributed by atoms with Crippen molar-refractivity contribution >= 4 is 29.3 Å². The summed E-state index contributed by atoms with van der Waals surface area (Å²) >= 11 is 0. The van der Waals surface area contributed by atoms with E-state index in [9.17, 15) is 14.0 Å². The fourth-order valence-corrected chi connectivity index (χ4v) is 3.56. The maximum Gasteiger partial charge on any atom is 0.265 e. The zero-order valence-electron chi connectivity index (χ0n) is 18.7. The van der Waals surface area contributed by atoms with Crippen LogP contribution in [0.15, 0.2) is 66.7 Å². The van der Waals surface area contributed by atoms with Crippen molar-refractivity contribution in [3.63, 3.8) is 0 Å². The first-order valence-corrected chi connectivity index (χ1v) is 10.5. The molecule has 0 saturated carbocycles. The second-order valence-electron chi connectivity index (χ2n) is 7.48.